The molecule has 2 heterocycles. The Morgan fingerprint density at radius 3 is 2.69 bits per heavy atom. The van der Waals surface area contributed by atoms with Gasteiger partial charge in [0.2, 0.25) is 5.91 Å². The van der Waals surface area contributed by atoms with Gasteiger partial charge < -0.3 is 20.3 Å². The van der Waals surface area contributed by atoms with Gasteiger partial charge in [-0.3, -0.25) is 4.79 Å². The van der Waals surface area contributed by atoms with Crippen LogP contribution in [0.1, 0.15) is 11.1 Å². The number of benzene rings is 1. The Labute approximate surface area is 161 Å². The van der Waals surface area contributed by atoms with Crippen LogP contribution in [-0.2, 0) is 17.6 Å². The number of nitrogens with zero attached hydrogens (tertiary/aromatic N) is 1. The van der Waals surface area contributed by atoms with Gasteiger partial charge in [0.25, 0.3) is 0 Å². The summed E-state index contributed by atoms with van der Waals surface area (Å²) in [5.74, 6) is -0.308. The minimum Gasteiger partial charge on any atom is -0.399 e. The maximum atomic E-state index is 12.1. The van der Waals surface area contributed by atoms with E-state index in [9.17, 15) is 9.59 Å². The number of nitrogens with one attached hydrogen (secondary N) is 2. The van der Waals surface area contributed by atoms with Gasteiger partial charge in [-0.2, -0.15) is 0 Å². The molecule has 0 fully saturated rings. The van der Waals surface area contributed by atoms with Gasteiger partial charge >= 0.3 is 6.09 Å². The van der Waals surface area contributed by atoms with Crippen molar-refractivity contribution in [1.29, 1.82) is 0 Å². The molecule has 6 nitrogen and oxygen atoms in total. The van der Waals surface area contributed by atoms with E-state index in [0.717, 1.165) is 43.0 Å². The Morgan fingerprint density at radius 2 is 1.96 bits per heavy atom. The summed E-state index contributed by atoms with van der Waals surface area (Å²) >= 11 is 6.92. The van der Waals surface area contributed by atoms with Crippen molar-refractivity contribution in [3.05, 3.63) is 45.8 Å². The first-order chi connectivity index (χ1) is 12.5. The van der Waals surface area contributed by atoms with Crippen LogP contribution in [0.3, 0.4) is 0 Å². The maximum Gasteiger partial charge on any atom is 0.413 e. The Kier molecular flexibility index (Phi) is 6.13. The molecule has 0 bridgehead atoms. The largest absolute Gasteiger partial charge is 0.413 e. The molecule has 2 aromatic rings. The molecule has 0 spiro atoms. The van der Waals surface area contributed by atoms with E-state index in [1.165, 1.54) is 11.1 Å². The van der Waals surface area contributed by atoms with Gasteiger partial charge in [-0.05, 0) is 55.3 Å². The molecule has 0 saturated heterocycles. The molecule has 2 amide bonds. The monoisotopic (exact) mass is 393 g/mol. The smallest absolute Gasteiger partial charge is 0.399 e. The zero-order valence-corrected chi connectivity index (χ0v) is 16.0. The predicted molar refractivity (Wildman–Crippen MR) is 103 cm³/mol. The minimum absolute atomic E-state index is 0.169. The number of hydrogen-bond donors (Lipinski definition) is 2. The molecule has 0 aliphatic carbocycles. The minimum atomic E-state index is -0.691. The van der Waals surface area contributed by atoms with Crippen LogP contribution < -0.4 is 15.4 Å². The third-order valence-corrected chi connectivity index (χ3v) is 5.26. The molecule has 1 aliphatic heterocycles. The van der Waals surface area contributed by atoms with E-state index in [-0.39, 0.29) is 12.5 Å². The van der Waals surface area contributed by atoms with Crippen LogP contribution in [0.25, 0.3) is 0 Å². The lowest BCUT2D eigenvalue weighted by Crippen LogP contribution is -2.34. The van der Waals surface area contributed by atoms with Crippen LogP contribution in [0.5, 0.6) is 5.06 Å². The Morgan fingerprint density at radius 1 is 1.19 bits per heavy atom. The molecule has 0 radical (unpaired) electrons. The Balaban J connectivity index is 1.49. The quantitative estimate of drug-likeness (QED) is 0.837. The van der Waals surface area contributed by atoms with E-state index in [1.54, 1.807) is 12.1 Å². The molecular weight excluding hydrogens is 374 g/mol. The topological polar surface area (TPSA) is 70.7 Å². The second kappa shape index (κ2) is 8.53. The van der Waals surface area contributed by atoms with Gasteiger partial charge in [-0.25, -0.2) is 4.79 Å². The van der Waals surface area contributed by atoms with Crippen LogP contribution in [-0.4, -0.2) is 43.6 Å². The summed E-state index contributed by atoms with van der Waals surface area (Å²) in [6.07, 6.45) is 1.28. The number of rotatable bonds is 4. The van der Waals surface area contributed by atoms with Gasteiger partial charge in [-0.1, -0.05) is 29.0 Å². The number of amides is 2. The Hall–Kier alpha value is -2.09. The van der Waals surface area contributed by atoms with E-state index >= 15 is 0 Å². The molecule has 1 aromatic carbocycles. The van der Waals surface area contributed by atoms with Gasteiger partial charge in [0, 0.05) is 18.8 Å². The van der Waals surface area contributed by atoms with Crippen molar-refractivity contribution >= 4 is 40.6 Å². The second-order valence-corrected chi connectivity index (χ2v) is 7.81. The summed E-state index contributed by atoms with van der Waals surface area (Å²) in [4.78, 5) is 26.0. The molecule has 3 rings (SSSR count). The molecule has 26 heavy (non-hydrogen) atoms. The fourth-order valence-electron chi connectivity index (χ4n) is 2.75. The van der Waals surface area contributed by atoms with Crippen molar-refractivity contribution in [3.63, 3.8) is 0 Å². The molecule has 1 aromatic heterocycles. The summed E-state index contributed by atoms with van der Waals surface area (Å²) in [7, 11) is 2.11. The number of hydrogen-bond acceptors (Lipinski definition) is 5. The molecule has 138 valence electrons. The zero-order chi connectivity index (χ0) is 18.5. The van der Waals surface area contributed by atoms with Gasteiger partial charge in [-0.15, -0.1) is 0 Å². The first-order valence-corrected chi connectivity index (χ1v) is 9.50. The number of anilines is 1. The van der Waals surface area contributed by atoms with Crippen molar-refractivity contribution in [3.8, 4) is 5.06 Å². The molecule has 0 atom stereocenters. The summed E-state index contributed by atoms with van der Waals surface area (Å²) in [5, 5.41) is 5.61. The van der Waals surface area contributed by atoms with E-state index < -0.39 is 6.09 Å². The third-order valence-electron chi connectivity index (χ3n) is 4.15. The average molecular weight is 394 g/mol. The first-order valence-electron chi connectivity index (χ1n) is 8.31. The third kappa shape index (κ3) is 5.20. The van der Waals surface area contributed by atoms with Crippen molar-refractivity contribution in [2.75, 3.05) is 32.0 Å². The molecule has 1 aliphatic rings. The number of carbonyl (C=O) groups excluding carboxylic acids is 2. The fourth-order valence-corrected chi connectivity index (χ4v) is 3.63. The highest BCUT2D eigenvalue weighted by Crippen LogP contribution is 2.28. The summed E-state index contributed by atoms with van der Waals surface area (Å²) in [6.45, 7) is 1.88. The lowest BCUT2D eigenvalue weighted by atomic mass is 10.0. The van der Waals surface area contributed by atoms with Crippen molar-refractivity contribution in [1.82, 2.24) is 10.2 Å². The fraction of sp³-hybridized carbons (Fsp3) is 0.333. The predicted octanol–water partition coefficient (Wildman–Crippen LogP) is 3.16. The van der Waals surface area contributed by atoms with Crippen LogP contribution in [0.2, 0.25) is 4.34 Å². The highest BCUT2D eigenvalue weighted by molar-refractivity contribution is 7.17. The summed E-state index contributed by atoms with van der Waals surface area (Å²) in [6, 6.07) is 9.20. The number of likely N-dealkylation sites (N-methyl/N-ethyl adjacent to an activating group) is 1. The van der Waals surface area contributed by atoms with Crippen molar-refractivity contribution in [2.45, 2.75) is 12.8 Å². The van der Waals surface area contributed by atoms with Crippen molar-refractivity contribution < 1.29 is 14.3 Å². The lowest BCUT2D eigenvalue weighted by Gasteiger charge is -2.11. The number of fused-ring (bicyclic) bond motifs is 1. The van der Waals surface area contributed by atoms with Gasteiger partial charge in [0.1, 0.15) is 6.54 Å². The van der Waals surface area contributed by atoms with Gasteiger partial charge in [0.05, 0.1) is 4.34 Å². The molecule has 0 saturated carbocycles. The molecule has 8 heteroatoms. The van der Waals surface area contributed by atoms with E-state index in [0.29, 0.717) is 9.40 Å². The number of thiophene rings is 1. The number of ether oxygens (including phenoxy) is 1. The number of carbonyl (C=O) groups is 2. The molecular formula is C18H20ClN3O3S. The van der Waals surface area contributed by atoms with Gasteiger partial charge in [0.15, 0.2) is 5.06 Å². The Bertz CT molecular complexity index is 809. The highest BCUT2D eigenvalue weighted by Gasteiger charge is 2.13. The lowest BCUT2D eigenvalue weighted by molar-refractivity contribution is -0.115. The second-order valence-electron chi connectivity index (χ2n) is 6.14. The summed E-state index contributed by atoms with van der Waals surface area (Å²) in [5.41, 5.74) is 3.32. The first kappa shape index (κ1) is 18.7. The van der Waals surface area contributed by atoms with Crippen LogP contribution in [0, 0.1) is 0 Å². The zero-order valence-electron chi connectivity index (χ0n) is 14.4. The normalized spacial score (nSPS) is 14.2. The van der Waals surface area contributed by atoms with E-state index in [4.69, 9.17) is 16.3 Å². The average Bonchev–Trinajstić information content (AvgIpc) is 2.92. The SMILES string of the molecule is CN1CCc2ccc(NC(=O)CNC(=O)Oc3ccc(Cl)s3)cc2CC1. The number of halogens is 1. The van der Waals surface area contributed by atoms with Crippen LogP contribution >= 0.6 is 22.9 Å². The van der Waals surface area contributed by atoms with Crippen molar-refractivity contribution in [2.24, 2.45) is 0 Å². The van der Waals surface area contributed by atoms with Crippen LogP contribution in [0.4, 0.5) is 10.5 Å². The summed E-state index contributed by atoms with van der Waals surface area (Å²) < 4.78 is 5.56. The highest BCUT2D eigenvalue weighted by atomic mass is 35.5. The van der Waals surface area contributed by atoms with E-state index in [2.05, 4.69) is 28.6 Å². The molecule has 0 unspecified atom stereocenters. The maximum absolute atomic E-state index is 12.1. The standard InChI is InChI=1S/C18H20ClN3O3S/c1-22-8-6-12-2-3-14(10-13(12)7-9-22)21-16(23)11-20-18(24)25-17-5-4-15(19)26-17/h2-5,10H,6-9,11H2,1H3,(H,20,24)(H,21,23). The van der Waals surface area contributed by atoms with Crippen LogP contribution in [0.15, 0.2) is 30.3 Å². The van der Waals surface area contributed by atoms with E-state index in [1.807, 2.05) is 12.1 Å². The molecule has 2 N–H and O–H groups in total.